The quantitative estimate of drug-likeness (QED) is 0.900. The van der Waals surface area contributed by atoms with Gasteiger partial charge in [0.05, 0.1) is 5.56 Å². The summed E-state index contributed by atoms with van der Waals surface area (Å²) in [5.41, 5.74) is 0.995. The number of fused-ring (bicyclic) bond motifs is 2. The number of hydrogen-bond acceptors (Lipinski definition) is 3. The molecular formula is C16H22N2O2. The summed E-state index contributed by atoms with van der Waals surface area (Å²) in [5.74, 6) is -0.00117. The second-order valence-corrected chi connectivity index (χ2v) is 7.55. The second-order valence-electron chi connectivity index (χ2n) is 7.55. The highest BCUT2D eigenvalue weighted by atomic mass is 16.4. The fraction of sp³-hybridized carbons (Fsp3) is 0.625. The SMILES string of the molecule is CC1(C)CC2CC(C)(CN2c2ccc(C(=O)O)cn2)C1. The molecule has 1 saturated heterocycles. The van der Waals surface area contributed by atoms with Crippen LogP contribution in [0.25, 0.3) is 0 Å². The third-order valence-corrected chi connectivity index (χ3v) is 4.70. The Morgan fingerprint density at radius 1 is 1.35 bits per heavy atom. The van der Waals surface area contributed by atoms with Crippen molar-refractivity contribution in [1.29, 1.82) is 0 Å². The zero-order valence-electron chi connectivity index (χ0n) is 12.4. The van der Waals surface area contributed by atoms with Crippen LogP contribution in [0.3, 0.4) is 0 Å². The van der Waals surface area contributed by atoms with E-state index >= 15 is 0 Å². The Bertz CT molecular complexity index is 538. The zero-order chi connectivity index (χ0) is 14.5. The zero-order valence-corrected chi connectivity index (χ0v) is 12.4. The minimum atomic E-state index is -0.919. The van der Waals surface area contributed by atoms with Crippen LogP contribution in [0.2, 0.25) is 0 Å². The van der Waals surface area contributed by atoms with Gasteiger partial charge in [0.25, 0.3) is 0 Å². The van der Waals surface area contributed by atoms with Crippen LogP contribution < -0.4 is 4.90 Å². The number of anilines is 1. The Balaban J connectivity index is 1.87. The van der Waals surface area contributed by atoms with Crippen molar-refractivity contribution in [2.45, 2.75) is 46.1 Å². The molecule has 4 heteroatoms. The van der Waals surface area contributed by atoms with Gasteiger partial charge in [-0.15, -0.1) is 0 Å². The Morgan fingerprint density at radius 3 is 2.70 bits per heavy atom. The fourth-order valence-electron chi connectivity index (χ4n) is 4.41. The Morgan fingerprint density at radius 2 is 2.10 bits per heavy atom. The molecule has 0 aromatic carbocycles. The topological polar surface area (TPSA) is 53.4 Å². The van der Waals surface area contributed by atoms with Gasteiger partial charge in [0, 0.05) is 18.8 Å². The van der Waals surface area contributed by atoms with E-state index in [1.165, 1.54) is 25.5 Å². The van der Waals surface area contributed by atoms with Gasteiger partial charge in [0.1, 0.15) is 5.82 Å². The van der Waals surface area contributed by atoms with E-state index in [1.807, 2.05) is 6.07 Å². The predicted octanol–water partition coefficient (Wildman–Crippen LogP) is 3.18. The predicted molar refractivity (Wildman–Crippen MR) is 78.1 cm³/mol. The first kappa shape index (κ1) is 13.4. The summed E-state index contributed by atoms with van der Waals surface area (Å²) >= 11 is 0. The van der Waals surface area contributed by atoms with E-state index in [0.29, 0.717) is 16.9 Å². The third kappa shape index (κ3) is 2.28. The van der Waals surface area contributed by atoms with Crippen molar-refractivity contribution in [1.82, 2.24) is 4.98 Å². The molecule has 2 bridgehead atoms. The maximum atomic E-state index is 10.9. The van der Waals surface area contributed by atoms with Crippen LogP contribution in [0.15, 0.2) is 18.3 Å². The Kier molecular flexibility index (Phi) is 2.82. The molecule has 1 aromatic heterocycles. The molecule has 1 aliphatic heterocycles. The number of carbonyl (C=O) groups is 1. The molecule has 2 aliphatic rings. The summed E-state index contributed by atoms with van der Waals surface area (Å²) in [6, 6.07) is 4.04. The summed E-state index contributed by atoms with van der Waals surface area (Å²) in [5, 5.41) is 8.95. The molecule has 4 nitrogen and oxygen atoms in total. The summed E-state index contributed by atoms with van der Waals surface area (Å²) in [4.78, 5) is 17.6. The van der Waals surface area contributed by atoms with Crippen LogP contribution in [0.5, 0.6) is 0 Å². The van der Waals surface area contributed by atoms with Gasteiger partial charge in [0.2, 0.25) is 0 Å². The lowest BCUT2D eigenvalue weighted by Gasteiger charge is -2.39. The molecule has 1 aromatic rings. The fourth-order valence-corrected chi connectivity index (χ4v) is 4.41. The van der Waals surface area contributed by atoms with E-state index in [0.717, 1.165) is 12.4 Å². The first-order valence-corrected chi connectivity index (χ1v) is 7.24. The Labute approximate surface area is 119 Å². The number of aromatic carboxylic acids is 1. The van der Waals surface area contributed by atoms with Crippen LogP contribution in [-0.4, -0.2) is 28.6 Å². The van der Waals surface area contributed by atoms with Crippen LogP contribution in [0.4, 0.5) is 5.82 Å². The van der Waals surface area contributed by atoms with E-state index < -0.39 is 5.97 Å². The molecular weight excluding hydrogens is 252 g/mol. The highest BCUT2D eigenvalue weighted by molar-refractivity contribution is 5.87. The van der Waals surface area contributed by atoms with Crippen LogP contribution >= 0.6 is 0 Å². The van der Waals surface area contributed by atoms with Gasteiger partial charge in [-0.1, -0.05) is 20.8 Å². The van der Waals surface area contributed by atoms with Gasteiger partial charge in [-0.25, -0.2) is 9.78 Å². The molecule has 108 valence electrons. The minimum Gasteiger partial charge on any atom is -0.478 e. The molecule has 0 spiro atoms. The first-order valence-electron chi connectivity index (χ1n) is 7.24. The lowest BCUT2D eigenvalue weighted by molar-refractivity contribution is 0.0696. The molecule has 0 radical (unpaired) electrons. The van der Waals surface area contributed by atoms with Crippen molar-refractivity contribution in [3.05, 3.63) is 23.9 Å². The van der Waals surface area contributed by atoms with Crippen molar-refractivity contribution in [2.24, 2.45) is 10.8 Å². The van der Waals surface area contributed by atoms with E-state index in [9.17, 15) is 4.79 Å². The Hall–Kier alpha value is -1.58. The lowest BCUT2D eigenvalue weighted by Crippen LogP contribution is -2.35. The highest BCUT2D eigenvalue weighted by Crippen LogP contribution is 2.53. The number of nitrogens with zero attached hydrogens (tertiary/aromatic N) is 2. The maximum absolute atomic E-state index is 10.9. The van der Waals surface area contributed by atoms with E-state index in [4.69, 9.17) is 5.11 Å². The molecule has 20 heavy (non-hydrogen) atoms. The monoisotopic (exact) mass is 274 g/mol. The molecule has 2 heterocycles. The van der Waals surface area contributed by atoms with E-state index in [2.05, 4.69) is 30.7 Å². The van der Waals surface area contributed by atoms with E-state index in [-0.39, 0.29) is 5.56 Å². The lowest BCUT2D eigenvalue weighted by atomic mass is 9.65. The molecule has 2 fully saturated rings. The molecule has 0 amide bonds. The molecule has 2 atom stereocenters. The maximum Gasteiger partial charge on any atom is 0.337 e. The number of rotatable bonds is 2. The van der Waals surface area contributed by atoms with Gasteiger partial charge < -0.3 is 10.0 Å². The first-order chi connectivity index (χ1) is 9.28. The second kappa shape index (κ2) is 4.21. The van der Waals surface area contributed by atoms with Crippen LogP contribution in [0, 0.1) is 10.8 Å². The molecule has 2 unspecified atom stereocenters. The summed E-state index contributed by atoms with van der Waals surface area (Å²) in [6.45, 7) is 8.09. The van der Waals surface area contributed by atoms with Crippen molar-refractivity contribution in [3.8, 4) is 0 Å². The van der Waals surface area contributed by atoms with Gasteiger partial charge in [-0.2, -0.15) is 0 Å². The normalized spacial score (nSPS) is 31.4. The van der Waals surface area contributed by atoms with Gasteiger partial charge >= 0.3 is 5.97 Å². The van der Waals surface area contributed by atoms with Gasteiger partial charge in [-0.3, -0.25) is 0 Å². The molecule has 3 rings (SSSR count). The summed E-state index contributed by atoms with van der Waals surface area (Å²) in [7, 11) is 0. The summed E-state index contributed by atoms with van der Waals surface area (Å²) in [6.07, 6.45) is 5.12. The van der Waals surface area contributed by atoms with Crippen molar-refractivity contribution in [2.75, 3.05) is 11.4 Å². The number of carboxylic acids is 1. The third-order valence-electron chi connectivity index (χ3n) is 4.70. The van der Waals surface area contributed by atoms with Gasteiger partial charge in [0.15, 0.2) is 0 Å². The van der Waals surface area contributed by atoms with Crippen LogP contribution in [-0.2, 0) is 0 Å². The average Bonchev–Trinajstić information content (AvgIpc) is 2.58. The minimum absolute atomic E-state index is 0.252. The number of hydrogen-bond donors (Lipinski definition) is 1. The number of aromatic nitrogens is 1. The largest absolute Gasteiger partial charge is 0.478 e. The van der Waals surface area contributed by atoms with Crippen molar-refractivity contribution in [3.63, 3.8) is 0 Å². The molecule has 1 N–H and O–H groups in total. The molecule has 1 saturated carbocycles. The summed E-state index contributed by atoms with van der Waals surface area (Å²) < 4.78 is 0. The number of carboxylic acid groups (broad SMARTS) is 1. The van der Waals surface area contributed by atoms with Crippen LogP contribution in [0.1, 0.15) is 50.4 Å². The molecule has 1 aliphatic carbocycles. The van der Waals surface area contributed by atoms with Crippen molar-refractivity contribution < 1.29 is 9.90 Å². The van der Waals surface area contributed by atoms with Crippen molar-refractivity contribution >= 4 is 11.8 Å². The smallest absolute Gasteiger partial charge is 0.337 e. The number of pyridine rings is 1. The van der Waals surface area contributed by atoms with Gasteiger partial charge in [-0.05, 0) is 42.2 Å². The van der Waals surface area contributed by atoms with E-state index in [1.54, 1.807) is 6.07 Å². The average molecular weight is 274 g/mol. The highest BCUT2D eigenvalue weighted by Gasteiger charge is 2.49. The standard InChI is InChI=1S/C16H22N2O2/c1-15(2)6-12-7-16(3,9-15)10-18(12)13-5-4-11(8-17-13)14(19)20/h4-5,8,12H,6-7,9-10H2,1-3H3,(H,19,20).